The molecule has 2 aromatic rings. The second kappa shape index (κ2) is 6.26. The maximum Gasteiger partial charge on any atom is 0.270 e. The Labute approximate surface area is 138 Å². The number of amides is 1. The van der Waals surface area contributed by atoms with Gasteiger partial charge in [0.25, 0.3) is 11.6 Å². The van der Waals surface area contributed by atoms with Gasteiger partial charge in [-0.1, -0.05) is 6.42 Å². The monoisotopic (exact) mass is 330 g/mol. The highest BCUT2D eigenvalue weighted by Gasteiger charge is 2.25. The van der Waals surface area contributed by atoms with Crippen molar-refractivity contribution in [2.45, 2.75) is 31.7 Å². The summed E-state index contributed by atoms with van der Waals surface area (Å²) in [6.07, 6.45) is 3.43. The molecular weight excluding hydrogens is 312 g/mol. The molecule has 0 atom stereocenters. The third-order valence-electron chi connectivity index (χ3n) is 4.37. The molecule has 0 unspecified atom stereocenters. The van der Waals surface area contributed by atoms with Crippen LogP contribution in [0.1, 0.15) is 47.2 Å². The SMILES string of the molecule is Cn1c(CNC(=O)c2cc([N+](=O)[O-])ccc2N)nnc1C1CCC1. The van der Waals surface area contributed by atoms with Crippen LogP contribution in [-0.2, 0) is 13.6 Å². The largest absolute Gasteiger partial charge is 0.398 e. The molecule has 9 heteroatoms. The first kappa shape index (κ1) is 15.9. The first-order valence-corrected chi connectivity index (χ1v) is 7.67. The highest BCUT2D eigenvalue weighted by Crippen LogP contribution is 2.35. The summed E-state index contributed by atoms with van der Waals surface area (Å²) in [4.78, 5) is 22.5. The molecular formula is C15H18N6O3. The number of nitro groups is 1. The predicted octanol–water partition coefficient (Wildman–Crippen LogP) is 1.50. The number of nitro benzene ring substituents is 1. The predicted molar refractivity (Wildman–Crippen MR) is 86.3 cm³/mol. The van der Waals surface area contributed by atoms with Gasteiger partial charge in [0.05, 0.1) is 17.0 Å². The van der Waals surface area contributed by atoms with Gasteiger partial charge in [-0.3, -0.25) is 14.9 Å². The molecule has 126 valence electrons. The molecule has 1 fully saturated rings. The molecule has 1 aliphatic carbocycles. The topological polar surface area (TPSA) is 129 Å². The van der Waals surface area contributed by atoms with E-state index >= 15 is 0 Å². The van der Waals surface area contributed by atoms with E-state index in [1.54, 1.807) is 0 Å². The van der Waals surface area contributed by atoms with Crippen molar-refractivity contribution in [1.29, 1.82) is 0 Å². The fourth-order valence-electron chi connectivity index (χ4n) is 2.66. The van der Waals surface area contributed by atoms with Gasteiger partial charge < -0.3 is 15.6 Å². The third-order valence-corrected chi connectivity index (χ3v) is 4.37. The van der Waals surface area contributed by atoms with Gasteiger partial charge in [-0.15, -0.1) is 10.2 Å². The van der Waals surface area contributed by atoms with Crippen molar-refractivity contribution in [1.82, 2.24) is 20.1 Å². The molecule has 1 aromatic heterocycles. The molecule has 1 aliphatic rings. The van der Waals surface area contributed by atoms with E-state index in [9.17, 15) is 14.9 Å². The first-order valence-electron chi connectivity index (χ1n) is 7.67. The number of nitrogens with two attached hydrogens (primary N) is 1. The average molecular weight is 330 g/mol. The van der Waals surface area contributed by atoms with Gasteiger partial charge in [-0.2, -0.15) is 0 Å². The van der Waals surface area contributed by atoms with Crippen LogP contribution in [0, 0.1) is 10.1 Å². The van der Waals surface area contributed by atoms with Crippen LogP contribution in [0.4, 0.5) is 11.4 Å². The van der Waals surface area contributed by atoms with Crippen molar-refractivity contribution in [3.05, 3.63) is 45.5 Å². The number of hydrogen-bond donors (Lipinski definition) is 2. The summed E-state index contributed by atoms with van der Waals surface area (Å²) in [5.41, 5.74) is 5.82. The number of rotatable bonds is 5. The van der Waals surface area contributed by atoms with E-state index in [0.717, 1.165) is 18.7 Å². The lowest BCUT2D eigenvalue weighted by molar-refractivity contribution is -0.384. The minimum absolute atomic E-state index is 0.0746. The highest BCUT2D eigenvalue weighted by molar-refractivity contribution is 5.99. The molecule has 1 aromatic carbocycles. The highest BCUT2D eigenvalue weighted by atomic mass is 16.6. The Morgan fingerprint density at radius 2 is 2.21 bits per heavy atom. The number of anilines is 1. The number of hydrogen-bond acceptors (Lipinski definition) is 6. The second-order valence-corrected chi connectivity index (χ2v) is 5.87. The van der Waals surface area contributed by atoms with Crippen molar-refractivity contribution in [2.24, 2.45) is 7.05 Å². The van der Waals surface area contributed by atoms with Gasteiger partial charge in [0.2, 0.25) is 0 Å². The molecule has 0 radical (unpaired) electrons. The summed E-state index contributed by atoms with van der Waals surface area (Å²) in [6, 6.07) is 3.78. The fourth-order valence-corrected chi connectivity index (χ4v) is 2.66. The summed E-state index contributed by atoms with van der Waals surface area (Å²) in [6.45, 7) is 0.178. The van der Waals surface area contributed by atoms with E-state index in [1.807, 2.05) is 11.6 Å². The maximum absolute atomic E-state index is 12.3. The lowest BCUT2D eigenvalue weighted by Crippen LogP contribution is -2.25. The quantitative estimate of drug-likeness (QED) is 0.485. The molecule has 3 rings (SSSR count). The molecule has 0 aliphatic heterocycles. The van der Waals surface area contributed by atoms with Crippen molar-refractivity contribution in [3.63, 3.8) is 0 Å². The molecule has 3 N–H and O–H groups in total. The zero-order chi connectivity index (χ0) is 17.3. The molecule has 0 saturated heterocycles. The van der Waals surface area contributed by atoms with Gasteiger partial charge in [0.15, 0.2) is 5.82 Å². The van der Waals surface area contributed by atoms with Crippen molar-refractivity contribution in [2.75, 3.05) is 5.73 Å². The van der Waals surface area contributed by atoms with E-state index < -0.39 is 10.8 Å². The Morgan fingerprint density at radius 3 is 2.83 bits per heavy atom. The van der Waals surface area contributed by atoms with Crippen molar-refractivity contribution >= 4 is 17.3 Å². The van der Waals surface area contributed by atoms with Gasteiger partial charge in [-0.25, -0.2) is 0 Å². The number of benzene rings is 1. The van der Waals surface area contributed by atoms with Gasteiger partial charge >= 0.3 is 0 Å². The minimum atomic E-state index is -0.566. The summed E-state index contributed by atoms with van der Waals surface area (Å²) in [7, 11) is 1.87. The van der Waals surface area contributed by atoms with Crippen molar-refractivity contribution < 1.29 is 9.72 Å². The number of non-ortho nitro benzene ring substituents is 1. The van der Waals surface area contributed by atoms with Crippen LogP contribution >= 0.6 is 0 Å². The first-order chi connectivity index (χ1) is 11.5. The summed E-state index contributed by atoms with van der Waals surface area (Å²) >= 11 is 0. The van der Waals surface area contributed by atoms with Crippen molar-refractivity contribution in [3.8, 4) is 0 Å². The fraction of sp³-hybridized carbons (Fsp3) is 0.400. The second-order valence-electron chi connectivity index (χ2n) is 5.87. The van der Waals surface area contributed by atoms with Crippen LogP contribution in [0.2, 0.25) is 0 Å². The molecule has 1 heterocycles. The van der Waals surface area contributed by atoms with E-state index in [-0.39, 0.29) is 23.5 Å². The summed E-state index contributed by atoms with van der Waals surface area (Å²) in [5, 5.41) is 21.8. The van der Waals surface area contributed by atoms with Crippen LogP contribution in [0.3, 0.4) is 0 Å². The third kappa shape index (κ3) is 2.92. The number of aromatic nitrogens is 3. The lowest BCUT2D eigenvalue weighted by atomic mass is 9.85. The average Bonchev–Trinajstić information content (AvgIpc) is 2.84. The van der Waals surface area contributed by atoms with Crippen LogP contribution in [-0.4, -0.2) is 25.6 Å². The Balaban J connectivity index is 1.71. The van der Waals surface area contributed by atoms with E-state index in [1.165, 1.54) is 24.6 Å². The van der Waals surface area contributed by atoms with Crippen LogP contribution in [0.5, 0.6) is 0 Å². The molecule has 9 nitrogen and oxygen atoms in total. The summed E-state index contributed by atoms with van der Waals surface area (Å²) < 4.78 is 1.89. The number of nitrogens with zero attached hydrogens (tertiary/aromatic N) is 4. The number of nitrogens with one attached hydrogen (secondary N) is 1. The Morgan fingerprint density at radius 1 is 1.46 bits per heavy atom. The zero-order valence-corrected chi connectivity index (χ0v) is 13.2. The van der Waals surface area contributed by atoms with E-state index in [0.29, 0.717) is 11.7 Å². The van der Waals surface area contributed by atoms with Gasteiger partial charge in [0, 0.05) is 30.8 Å². The van der Waals surface area contributed by atoms with E-state index in [2.05, 4.69) is 15.5 Å². The smallest absolute Gasteiger partial charge is 0.270 e. The standard InChI is InChI=1S/C15H18N6O3/c1-20-13(18-19-14(20)9-3-2-4-9)8-17-15(22)11-7-10(21(23)24)5-6-12(11)16/h5-7,9H,2-4,8,16H2,1H3,(H,17,22). The van der Waals surface area contributed by atoms with Gasteiger partial charge in [0.1, 0.15) is 5.82 Å². The number of nitrogen functional groups attached to an aromatic ring is 1. The number of carbonyl (C=O) groups excluding carboxylic acids is 1. The Kier molecular flexibility index (Phi) is 4.15. The zero-order valence-electron chi connectivity index (χ0n) is 13.2. The van der Waals surface area contributed by atoms with Crippen LogP contribution in [0.25, 0.3) is 0 Å². The molecule has 24 heavy (non-hydrogen) atoms. The van der Waals surface area contributed by atoms with Gasteiger partial charge in [-0.05, 0) is 18.9 Å². The Hall–Kier alpha value is -2.97. The normalized spacial score (nSPS) is 14.2. The molecule has 0 bridgehead atoms. The molecule has 0 spiro atoms. The molecule has 1 saturated carbocycles. The van der Waals surface area contributed by atoms with Crippen LogP contribution in [0.15, 0.2) is 18.2 Å². The Bertz CT molecular complexity index is 797. The number of carbonyl (C=O) groups is 1. The molecule has 1 amide bonds. The summed E-state index contributed by atoms with van der Waals surface area (Å²) in [5.74, 6) is 1.53. The maximum atomic E-state index is 12.3. The minimum Gasteiger partial charge on any atom is -0.398 e. The van der Waals surface area contributed by atoms with Crippen LogP contribution < -0.4 is 11.1 Å². The van der Waals surface area contributed by atoms with E-state index in [4.69, 9.17) is 5.73 Å². The lowest BCUT2D eigenvalue weighted by Gasteiger charge is -2.24.